The van der Waals surface area contributed by atoms with E-state index in [0.717, 1.165) is 21.2 Å². The molecule has 3 aromatic carbocycles. The summed E-state index contributed by atoms with van der Waals surface area (Å²) in [5.41, 5.74) is -0.0804. The van der Waals surface area contributed by atoms with E-state index in [1.807, 2.05) is 61.5 Å². The highest BCUT2D eigenvalue weighted by atomic mass is 79.9. The van der Waals surface area contributed by atoms with Crippen LogP contribution in [0.25, 0.3) is 0 Å². The lowest BCUT2D eigenvalue weighted by Gasteiger charge is -2.42. The van der Waals surface area contributed by atoms with Gasteiger partial charge in [0.05, 0.1) is 32.0 Å². The Labute approximate surface area is 258 Å². The molecular formula is C34H33BrN2O6. The van der Waals surface area contributed by atoms with Gasteiger partial charge in [-0.05, 0) is 42.7 Å². The van der Waals surface area contributed by atoms with Crippen LogP contribution in [-0.2, 0) is 34.2 Å². The molecule has 8 nitrogen and oxygen atoms in total. The van der Waals surface area contributed by atoms with Crippen molar-refractivity contribution in [1.82, 2.24) is 10.6 Å². The molecule has 2 N–H and O–H groups in total. The minimum absolute atomic E-state index is 0.192. The van der Waals surface area contributed by atoms with Gasteiger partial charge in [-0.15, -0.1) is 0 Å². The Morgan fingerprint density at radius 2 is 1.26 bits per heavy atom. The number of halogens is 1. The first-order valence-corrected chi connectivity index (χ1v) is 15.0. The summed E-state index contributed by atoms with van der Waals surface area (Å²) >= 11 is 3.48. The van der Waals surface area contributed by atoms with Gasteiger partial charge in [0.1, 0.15) is 17.1 Å². The second-order valence-electron chi connectivity index (χ2n) is 11.9. The van der Waals surface area contributed by atoms with E-state index < -0.39 is 58.8 Å². The molecule has 0 aromatic heterocycles. The van der Waals surface area contributed by atoms with Crippen LogP contribution >= 0.6 is 15.9 Å². The monoisotopic (exact) mass is 644 g/mol. The number of hydrogen-bond acceptors (Lipinski definition) is 8. The summed E-state index contributed by atoms with van der Waals surface area (Å²) in [6.45, 7) is 3.59. The van der Waals surface area contributed by atoms with Crippen LogP contribution < -0.4 is 10.6 Å². The van der Waals surface area contributed by atoms with E-state index in [2.05, 4.69) is 26.6 Å². The zero-order valence-corrected chi connectivity index (χ0v) is 25.9. The number of ether oxygens (including phenoxy) is 2. The number of rotatable bonds is 5. The third-order valence-corrected chi connectivity index (χ3v) is 10.2. The lowest BCUT2D eigenvalue weighted by molar-refractivity contribution is -0.161. The predicted octanol–water partition coefficient (Wildman–Crippen LogP) is 4.36. The molecule has 0 spiro atoms. The van der Waals surface area contributed by atoms with E-state index in [9.17, 15) is 9.59 Å². The van der Waals surface area contributed by atoms with Gasteiger partial charge in [0.25, 0.3) is 0 Å². The number of ketones is 2. The van der Waals surface area contributed by atoms with Crippen LogP contribution in [0.15, 0.2) is 83.3 Å². The Hall–Kier alpha value is -3.66. The lowest BCUT2D eigenvalue weighted by atomic mass is 9.57. The van der Waals surface area contributed by atoms with Gasteiger partial charge in [-0.3, -0.25) is 25.0 Å². The van der Waals surface area contributed by atoms with Gasteiger partial charge in [-0.2, -0.15) is 0 Å². The van der Waals surface area contributed by atoms with Crippen molar-refractivity contribution in [2.75, 3.05) is 14.2 Å². The zero-order valence-electron chi connectivity index (χ0n) is 24.3. The fraction of sp³-hybridized carbons (Fsp3) is 0.353. The predicted molar refractivity (Wildman–Crippen MR) is 162 cm³/mol. The highest BCUT2D eigenvalue weighted by Gasteiger charge is 2.74. The quantitative estimate of drug-likeness (QED) is 0.394. The van der Waals surface area contributed by atoms with E-state index in [1.165, 1.54) is 14.2 Å². The van der Waals surface area contributed by atoms with Gasteiger partial charge < -0.3 is 9.47 Å². The first kappa shape index (κ1) is 29.4. The molecule has 1 saturated carbocycles. The topological polar surface area (TPSA) is 111 Å². The van der Waals surface area contributed by atoms with Crippen LogP contribution in [0, 0.1) is 30.6 Å². The molecule has 3 aliphatic rings. The van der Waals surface area contributed by atoms with Crippen molar-refractivity contribution in [3.8, 4) is 0 Å². The summed E-state index contributed by atoms with van der Waals surface area (Å²) in [6, 6.07) is 22.8. The van der Waals surface area contributed by atoms with Gasteiger partial charge in [-0.1, -0.05) is 88.2 Å². The number of benzene rings is 3. The number of carbonyl (C=O) groups is 4. The maximum Gasteiger partial charge on any atom is 0.331 e. The van der Waals surface area contributed by atoms with Crippen molar-refractivity contribution in [1.29, 1.82) is 0 Å². The molecule has 8 atom stereocenters. The first-order chi connectivity index (χ1) is 20.6. The van der Waals surface area contributed by atoms with Crippen LogP contribution in [0.1, 0.15) is 41.3 Å². The maximum absolute atomic E-state index is 15.1. The van der Waals surface area contributed by atoms with Crippen molar-refractivity contribution < 1.29 is 28.7 Å². The molecule has 222 valence electrons. The number of fused-ring (bicyclic) bond motifs is 2. The van der Waals surface area contributed by atoms with E-state index in [0.29, 0.717) is 5.56 Å². The first-order valence-electron chi connectivity index (χ1n) is 14.3. The molecule has 1 aliphatic carbocycles. The number of esters is 2. The van der Waals surface area contributed by atoms with Gasteiger partial charge in [-0.25, -0.2) is 4.79 Å². The Kier molecular flexibility index (Phi) is 7.39. The van der Waals surface area contributed by atoms with Crippen LogP contribution in [0.5, 0.6) is 0 Å². The smallest absolute Gasteiger partial charge is 0.331 e. The fourth-order valence-electron chi connectivity index (χ4n) is 7.72. The van der Waals surface area contributed by atoms with Crippen LogP contribution in [0.2, 0.25) is 0 Å². The Bertz CT molecular complexity index is 1590. The zero-order chi connectivity index (χ0) is 30.7. The molecule has 0 unspecified atom stereocenters. The number of methoxy groups -OCH3 is 2. The van der Waals surface area contributed by atoms with Gasteiger partial charge in [0, 0.05) is 22.5 Å². The maximum atomic E-state index is 15.1. The molecule has 3 fully saturated rings. The van der Waals surface area contributed by atoms with E-state index in [1.54, 1.807) is 31.2 Å². The minimum atomic E-state index is -1.67. The molecule has 2 heterocycles. The highest BCUT2D eigenvalue weighted by molar-refractivity contribution is 9.10. The fourth-order valence-corrected chi connectivity index (χ4v) is 7.98. The second kappa shape index (κ2) is 10.8. The largest absolute Gasteiger partial charge is 0.468 e. The van der Waals surface area contributed by atoms with Gasteiger partial charge in [0.15, 0.2) is 5.54 Å². The molecule has 0 bridgehead atoms. The molecular weight excluding hydrogens is 612 g/mol. The number of nitrogens with one attached hydrogen (secondary N) is 2. The molecule has 9 heteroatoms. The molecule has 0 amide bonds. The Morgan fingerprint density at radius 1 is 0.721 bits per heavy atom. The lowest BCUT2D eigenvalue weighted by Crippen LogP contribution is -2.61. The molecule has 0 radical (unpaired) electrons. The summed E-state index contributed by atoms with van der Waals surface area (Å²) in [5, 5.41) is 6.82. The number of Topliss-reactive ketones (excluding diaryl/α,β-unsaturated/α-hetero) is 2. The van der Waals surface area contributed by atoms with Crippen molar-refractivity contribution in [2.24, 2.45) is 23.7 Å². The van der Waals surface area contributed by atoms with Gasteiger partial charge >= 0.3 is 11.9 Å². The van der Waals surface area contributed by atoms with Gasteiger partial charge in [0.2, 0.25) is 0 Å². The number of carbonyl (C=O) groups excluding carboxylic acids is 4. The number of hydrogen-bond donors (Lipinski definition) is 2. The van der Waals surface area contributed by atoms with E-state index >= 15 is 9.59 Å². The number of aryl methyl sites for hydroxylation is 1. The molecule has 43 heavy (non-hydrogen) atoms. The van der Waals surface area contributed by atoms with Crippen molar-refractivity contribution in [3.05, 3.63) is 106 Å². The van der Waals surface area contributed by atoms with Crippen molar-refractivity contribution in [2.45, 2.75) is 37.0 Å². The molecule has 2 saturated heterocycles. The minimum Gasteiger partial charge on any atom is -0.468 e. The standard InChI is InChI=1S/C34H33BrN2O6/c1-18-10-12-19(13-11-18)27-23-25(33(2,36-27)31(40)42-3)30(39)26-24(29(23)38)28(20-14-16-22(35)17-15-20)37-34(26,32(41)43-4)21-8-6-5-7-9-21/h5-17,23-28,36-37H,1-4H3/t23-,24-,25-,26-,27-,28-,33-,34-/m0/s1. The van der Waals surface area contributed by atoms with Crippen LogP contribution in [0.4, 0.5) is 0 Å². The van der Waals surface area contributed by atoms with Crippen LogP contribution in [-0.4, -0.2) is 43.3 Å². The summed E-state index contributed by atoms with van der Waals surface area (Å²) in [5.74, 6) is -5.88. The summed E-state index contributed by atoms with van der Waals surface area (Å²) in [4.78, 5) is 57.5. The SMILES string of the molecule is COC(=O)[C@@]1(C)N[C@@H](c2ccc(C)cc2)[C@H]2C(=O)[C@H]3[C@@H](C(=O)[C@H]21)[C@](C(=O)OC)(c1ccccc1)N[C@H]3c1ccc(Br)cc1. The Balaban J connectivity index is 1.60. The third-order valence-electron chi connectivity index (χ3n) is 9.65. The molecule has 6 rings (SSSR count). The second-order valence-corrected chi connectivity index (χ2v) is 12.8. The normalized spacial score (nSPS) is 33.0. The van der Waals surface area contributed by atoms with Crippen molar-refractivity contribution >= 4 is 39.4 Å². The average Bonchev–Trinajstić information content (AvgIpc) is 3.56. The van der Waals surface area contributed by atoms with E-state index in [4.69, 9.17) is 9.47 Å². The molecule has 3 aromatic rings. The third kappa shape index (κ3) is 4.31. The van der Waals surface area contributed by atoms with Crippen LogP contribution in [0.3, 0.4) is 0 Å². The Morgan fingerprint density at radius 3 is 1.84 bits per heavy atom. The summed E-state index contributed by atoms with van der Waals surface area (Å²) < 4.78 is 11.5. The van der Waals surface area contributed by atoms with E-state index in [-0.39, 0.29) is 11.6 Å². The van der Waals surface area contributed by atoms with Crippen molar-refractivity contribution in [3.63, 3.8) is 0 Å². The molecule has 2 aliphatic heterocycles. The summed E-state index contributed by atoms with van der Waals surface area (Å²) in [6.07, 6.45) is 0. The summed E-state index contributed by atoms with van der Waals surface area (Å²) in [7, 11) is 2.54. The average molecular weight is 646 g/mol. The highest BCUT2D eigenvalue weighted by Crippen LogP contribution is 2.59.